The molecule has 3 N–H and O–H groups in total. The molecule has 1 fully saturated rings. The third-order valence-corrected chi connectivity index (χ3v) is 7.02. The SMILES string of the molecule is C[C](C)C(CCl)NC(=O)N[C@@H](C(=O)N1CC[C@](O)(c2ccc(Cl)cc2)C(C)(C)C1)C(C)C. The van der Waals surface area contributed by atoms with Crippen LogP contribution in [-0.4, -0.2) is 53.0 Å². The first-order valence-electron chi connectivity index (χ1n) is 11.0. The van der Waals surface area contributed by atoms with Gasteiger partial charge in [0.15, 0.2) is 0 Å². The van der Waals surface area contributed by atoms with Gasteiger partial charge in [-0.05, 0) is 36.0 Å². The zero-order valence-corrected chi connectivity index (χ0v) is 21.3. The van der Waals surface area contributed by atoms with Crippen molar-refractivity contribution in [2.75, 3.05) is 19.0 Å². The molecule has 0 saturated carbocycles. The first-order chi connectivity index (χ1) is 14.8. The Morgan fingerprint density at radius 2 is 1.75 bits per heavy atom. The molecule has 0 bridgehead atoms. The Labute approximate surface area is 202 Å². The van der Waals surface area contributed by atoms with Crippen LogP contribution in [0.25, 0.3) is 0 Å². The molecule has 179 valence electrons. The number of halogens is 2. The summed E-state index contributed by atoms with van der Waals surface area (Å²) in [5.74, 6) is 0.997. The summed E-state index contributed by atoms with van der Waals surface area (Å²) in [5.41, 5.74) is -0.902. The Morgan fingerprint density at radius 1 is 1.16 bits per heavy atom. The lowest BCUT2D eigenvalue weighted by Crippen LogP contribution is -2.61. The van der Waals surface area contributed by atoms with E-state index in [0.29, 0.717) is 24.5 Å². The number of carbonyl (C=O) groups is 2. The van der Waals surface area contributed by atoms with E-state index < -0.39 is 23.1 Å². The molecule has 1 aromatic rings. The minimum Gasteiger partial charge on any atom is -0.384 e. The predicted molar refractivity (Wildman–Crippen MR) is 130 cm³/mol. The maximum absolute atomic E-state index is 13.4. The molecule has 1 radical (unpaired) electrons. The molecule has 1 aromatic carbocycles. The molecule has 3 amide bonds. The van der Waals surface area contributed by atoms with E-state index in [0.717, 1.165) is 11.5 Å². The summed E-state index contributed by atoms with van der Waals surface area (Å²) < 4.78 is 0. The highest BCUT2D eigenvalue weighted by molar-refractivity contribution is 6.30. The van der Waals surface area contributed by atoms with Crippen molar-refractivity contribution in [3.05, 3.63) is 40.8 Å². The third kappa shape index (κ3) is 5.89. The molecule has 6 nitrogen and oxygen atoms in total. The molecular weight excluding hydrogens is 449 g/mol. The molecule has 1 saturated heterocycles. The van der Waals surface area contributed by atoms with Gasteiger partial charge in [0.05, 0.1) is 5.60 Å². The van der Waals surface area contributed by atoms with Gasteiger partial charge in [-0.1, -0.05) is 65.3 Å². The summed E-state index contributed by atoms with van der Waals surface area (Å²) in [6, 6.07) is 5.85. The lowest BCUT2D eigenvalue weighted by Gasteiger charge is -2.51. The number of nitrogens with zero attached hydrogens (tertiary/aromatic N) is 1. The molecule has 0 spiro atoms. The van der Waals surface area contributed by atoms with Crippen LogP contribution in [0.3, 0.4) is 0 Å². The van der Waals surface area contributed by atoms with Gasteiger partial charge in [-0.15, -0.1) is 11.6 Å². The van der Waals surface area contributed by atoms with Crippen molar-refractivity contribution < 1.29 is 14.7 Å². The van der Waals surface area contributed by atoms with Gasteiger partial charge in [0, 0.05) is 35.4 Å². The van der Waals surface area contributed by atoms with Gasteiger partial charge in [0.2, 0.25) is 5.91 Å². The molecule has 1 heterocycles. The van der Waals surface area contributed by atoms with Crippen LogP contribution in [0.1, 0.15) is 53.5 Å². The van der Waals surface area contributed by atoms with Crippen molar-refractivity contribution >= 4 is 35.1 Å². The molecule has 32 heavy (non-hydrogen) atoms. The van der Waals surface area contributed by atoms with E-state index >= 15 is 0 Å². The summed E-state index contributed by atoms with van der Waals surface area (Å²) in [7, 11) is 0. The molecule has 8 heteroatoms. The van der Waals surface area contributed by atoms with E-state index in [1.54, 1.807) is 17.0 Å². The quantitative estimate of drug-likeness (QED) is 0.503. The Balaban J connectivity index is 2.14. The van der Waals surface area contributed by atoms with Crippen LogP contribution in [0.5, 0.6) is 0 Å². The standard InChI is InChI=1S/C24H36Cl2N3O3/c1-15(2)19(13-25)27-22(31)28-20(16(3)4)21(30)29-12-11-24(32,23(5,6)14-29)17-7-9-18(26)10-8-17/h7-10,16,19-20,32H,11-14H2,1-6H3,(H2,27,28,31)/t19?,20-,24+/m1/s1. The molecular formula is C24H36Cl2N3O3. The largest absolute Gasteiger partial charge is 0.384 e. The molecule has 3 atom stereocenters. The number of piperidine rings is 1. The van der Waals surface area contributed by atoms with E-state index in [2.05, 4.69) is 10.6 Å². The fourth-order valence-corrected chi connectivity index (χ4v) is 4.67. The van der Waals surface area contributed by atoms with Crippen molar-refractivity contribution in [2.24, 2.45) is 11.3 Å². The van der Waals surface area contributed by atoms with Crippen LogP contribution in [0.2, 0.25) is 5.02 Å². The number of urea groups is 1. The highest BCUT2D eigenvalue weighted by Gasteiger charge is 2.50. The third-order valence-electron chi connectivity index (χ3n) is 6.46. The first-order valence-corrected chi connectivity index (χ1v) is 11.9. The highest BCUT2D eigenvalue weighted by atomic mass is 35.5. The summed E-state index contributed by atoms with van der Waals surface area (Å²) in [6.45, 7) is 12.3. The van der Waals surface area contributed by atoms with Crippen LogP contribution in [-0.2, 0) is 10.4 Å². The van der Waals surface area contributed by atoms with Gasteiger partial charge in [-0.25, -0.2) is 4.79 Å². The molecule has 0 aliphatic carbocycles. The lowest BCUT2D eigenvalue weighted by molar-refractivity contribution is -0.155. The van der Waals surface area contributed by atoms with Crippen molar-refractivity contribution in [3.63, 3.8) is 0 Å². The smallest absolute Gasteiger partial charge is 0.315 e. The van der Waals surface area contributed by atoms with Crippen molar-refractivity contribution in [1.29, 1.82) is 0 Å². The summed E-state index contributed by atoms with van der Waals surface area (Å²) >= 11 is 12.0. The van der Waals surface area contributed by atoms with E-state index in [-0.39, 0.29) is 23.7 Å². The van der Waals surface area contributed by atoms with Gasteiger partial charge in [0.1, 0.15) is 6.04 Å². The Kier molecular flexibility index (Phi) is 8.88. The maximum atomic E-state index is 13.4. The van der Waals surface area contributed by atoms with Crippen LogP contribution in [0, 0.1) is 17.3 Å². The number of amides is 3. The second-order valence-corrected chi connectivity index (χ2v) is 10.6. The fourth-order valence-electron chi connectivity index (χ4n) is 4.16. The number of likely N-dealkylation sites (tertiary alicyclic amines) is 1. The molecule has 2 rings (SSSR count). The summed E-state index contributed by atoms with van der Waals surface area (Å²) in [6.07, 6.45) is 0.392. The molecule has 0 aromatic heterocycles. The highest BCUT2D eigenvalue weighted by Crippen LogP contribution is 2.46. The van der Waals surface area contributed by atoms with Crippen LogP contribution in [0.4, 0.5) is 4.79 Å². The lowest BCUT2D eigenvalue weighted by atomic mass is 9.66. The van der Waals surface area contributed by atoms with Gasteiger partial charge >= 0.3 is 6.03 Å². The fraction of sp³-hybridized carbons (Fsp3) is 0.625. The maximum Gasteiger partial charge on any atom is 0.315 e. The number of benzene rings is 1. The zero-order valence-electron chi connectivity index (χ0n) is 19.8. The number of alkyl halides is 1. The van der Waals surface area contributed by atoms with E-state index in [1.165, 1.54) is 0 Å². The Bertz CT molecular complexity index is 798. The average molecular weight is 485 g/mol. The number of nitrogens with one attached hydrogen (secondary N) is 2. The van der Waals surface area contributed by atoms with Crippen molar-refractivity contribution in [1.82, 2.24) is 15.5 Å². The minimum absolute atomic E-state index is 0.102. The Morgan fingerprint density at radius 3 is 2.22 bits per heavy atom. The molecule has 1 unspecified atom stereocenters. The van der Waals surface area contributed by atoms with Gasteiger partial charge in [0.25, 0.3) is 0 Å². The van der Waals surface area contributed by atoms with Gasteiger partial charge in [-0.2, -0.15) is 0 Å². The number of hydrogen-bond acceptors (Lipinski definition) is 3. The predicted octanol–water partition coefficient (Wildman–Crippen LogP) is 4.33. The van der Waals surface area contributed by atoms with E-state index in [4.69, 9.17) is 23.2 Å². The van der Waals surface area contributed by atoms with Crippen LogP contribution >= 0.6 is 23.2 Å². The summed E-state index contributed by atoms with van der Waals surface area (Å²) in [4.78, 5) is 27.7. The zero-order chi connectivity index (χ0) is 24.3. The first kappa shape index (κ1) is 26.7. The molecule has 1 aliphatic rings. The van der Waals surface area contributed by atoms with Crippen LogP contribution < -0.4 is 10.6 Å². The number of hydrogen-bond donors (Lipinski definition) is 3. The van der Waals surface area contributed by atoms with Gasteiger partial charge in [-0.3, -0.25) is 4.79 Å². The number of carbonyl (C=O) groups excluding carboxylic acids is 2. The topological polar surface area (TPSA) is 81.7 Å². The van der Waals surface area contributed by atoms with E-state index in [9.17, 15) is 14.7 Å². The van der Waals surface area contributed by atoms with Crippen LogP contribution in [0.15, 0.2) is 24.3 Å². The van der Waals surface area contributed by atoms with E-state index in [1.807, 2.05) is 53.7 Å². The van der Waals surface area contributed by atoms with Gasteiger partial charge < -0.3 is 20.6 Å². The monoisotopic (exact) mass is 484 g/mol. The Hall–Kier alpha value is -1.50. The van der Waals surface area contributed by atoms with Crippen molar-refractivity contribution in [3.8, 4) is 0 Å². The number of rotatable bonds is 7. The summed E-state index contributed by atoms with van der Waals surface area (Å²) in [5, 5.41) is 17.8. The second-order valence-electron chi connectivity index (χ2n) is 9.88. The minimum atomic E-state index is -1.09. The van der Waals surface area contributed by atoms with Crippen molar-refractivity contribution in [2.45, 2.75) is 65.6 Å². The number of aliphatic hydroxyl groups is 1. The molecule has 1 aliphatic heterocycles. The normalized spacial score (nSPS) is 22.5. The second kappa shape index (κ2) is 10.6. The average Bonchev–Trinajstić information content (AvgIpc) is 2.71.